The van der Waals surface area contributed by atoms with Gasteiger partial charge in [-0.1, -0.05) is 40.9 Å². The molecule has 132 valence electrons. The fourth-order valence-electron chi connectivity index (χ4n) is 1.81. The number of carbonyl (C=O) groups excluding carboxylic acids is 2. The van der Waals surface area contributed by atoms with Crippen LogP contribution in [0.15, 0.2) is 36.4 Å². The number of halogens is 3. The van der Waals surface area contributed by atoms with Gasteiger partial charge in [-0.25, -0.2) is 0 Å². The molecular formula is C17H15Cl3N2O3. The van der Waals surface area contributed by atoms with Crippen LogP contribution in [-0.4, -0.2) is 37.4 Å². The number of hydrogen-bond donors (Lipinski definition) is 1. The van der Waals surface area contributed by atoms with Crippen LogP contribution in [0, 0.1) is 0 Å². The fourth-order valence-corrected chi connectivity index (χ4v) is 2.41. The van der Waals surface area contributed by atoms with Crippen molar-refractivity contribution in [3.8, 4) is 5.75 Å². The first kappa shape index (κ1) is 19.4. The molecule has 25 heavy (non-hydrogen) atoms. The largest absolute Gasteiger partial charge is 0.484 e. The molecule has 0 aliphatic carbocycles. The summed E-state index contributed by atoms with van der Waals surface area (Å²) in [6.07, 6.45) is 0. The van der Waals surface area contributed by atoms with E-state index in [4.69, 9.17) is 39.5 Å². The molecule has 0 fully saturated rings. The summed E-state index contributed by atoms with van der Waals surface area (Å²) in [5, 5.41) is 3.51. The van der Waals surface area contributed by atoms with Crippen LogP contribution in [0.5, 0.6) is 5.75 Å². The number of carbonyl (C=O) groups is 2. The van der Waals surface area contributed by atoms with Crippen LogP contribution >= 0.6 is 34.8 Å². The summed E-state index contributed by atoms with van der Waals surface area (Å²) in [4.78, 5) is 25.4. The second-order valence-electron chi connectivity index (χ2n) is 5.30. The lowest BCUT2D eigenvalue weighted by Gasteiger charge is -2.12. The van der Waals surface area contributed by atoms with Gasteiger partial charge in [0.2, 0.25) is 0 Å². The molecule has 0 atom stereocenters. The standard InChI is InChI=1S/C17H15Cl3N2O3/c1-22(2)16(23)9-25-11-5-3-4-10(6-11)17(24)21-15-8-13(19)12(18)7-14(15)20/h3-8H,9H2,1-2H3,(H,21,24). The highest BCUT2D eigenvalue weighted by Crippen LogP contribution is 2.32. The SMILES string of the molecule is CN(C)C(=O)COc1cccc(C(=O)Nc2cc(Cl)c(Cl)cc2Cl)c1. The van der Waals surface area contributed by atoms with E-state index >= 15 is 0 Å². The minimum atomic E-state index is -0.398. The summed E-state index contributed by atoms with van der Waals surface area (Å²) in [7, 11) is 3.27. The van der Waals surface area contributed by atoms with Crippen molar-refractivity contribution in [1.82, 2.24) is 4.90 Å². The number of likely N-dealkylation sites (N-methyl/N-ethyl adjacent to an activating group) is 1. The maximum Gasteiger partial charge on any atom is 0.259 e. The molecule has 5 nitrogen and oxygen atoms in total. The topological polar surface area (TPSA) is 58.6 Å². The molecule has 0 spiro atoms. The molecule has 2 rings (SSSR count). The van der Waals surface area contributed by atoms with E-state index in [1.165, 1.54) is 23.1 Å². The molecule has 0 heterocycles. The van der Waals surface area contributed by atoms with Gasteiger partial charge < -0.3 is 15.0 Å². The third kappa shape index (κ3) is 5.26. The van der Waals surface area contributed by atoms with E-state index in [2.05, 4.69) is 5.32 Å². The molecule has 0 aromatic heterocycles. The number of amides is 2. The second kappa shape index (κ2) is 8.43. The molecule has 0 saturated carbocycles. The lowest BCUT2D eigenvalue weighted by Crippen LogP contribution is -2.27. The van der Waals surface area contributed by atoms with Crippen molar-refractivity contribution in [1.29, 1.82) is 0 Å². The summed E-state index contributed by atoms with van der Waals surface area (Å²) in [5.74, 6) is -0.176. The van der Waals surface area contributed by atoms with Crippen molar-refractivity contribution in [2.45, 2.75) is 0 Å². The predicted molar refractivity (Wildman–Crippen MR) is 100 cm³/mol. The van der Waals surface area contributed by atoms with Gasteiger partial charge in [-0.05, 0) is 30.3 Å². The molecule has 2 aromatic carbocycles. The van der Waals surface area contributed by atoms with E-state index in [-0.39, 0.29) is 22.6 Å². The Morgan fingerprint density at radius 1 is 1.04 bits per heavy atom. The van der Waals surface area contributed by atoms with E-state index in [0.29, 0.717) is 22.0 Å². The predicted octanol–water partition coefficient (Wildman–Crippen LogP) is 4.37. The van der Waals surface area contributed by atoms with Gasteiger partial charge in [0, 0.05) is 19.7 Å². The molecule has 2 aromatic rings. The Balaban J connectivity index is 2.11. The summed E-state index contributed by atoms with van der Waals surface area (Å²) >= 11 is 17.9. The highest BCUT2D eigenvalue weighted by molar-refractivity contribution is 6.44. The zero-order chi connectivity index (χ0) is 18.6. The Labute approximate surface area is 160 Å². The lowest BCUT2D eigenvalue weighted by molar-refractivity contribution is -0.130. The van der Waals surface area contributed by atoms with Crippen molar-refractivity contribution in [3.05, 3.63) is 57.0 Å². The van der Waals surface area contributed by atoms with E-state index < -0.39 is 5.91 Å². The van der Waals surface area contributed by atoms with Gasteiger partial charge in [-0.2, -0.15) is 0 Å². The van der Waals surface area contributed by atoms with E-state index in [0.717, 1.165) is 0 Å². The quantitative estimate of drug-likeness (QED) is 0.757. The van der Waals surface area contributed by atoms with Crippen molar-refractivity contribution >= 4 is 52.3 Å². The maximum atomic E-state index is 12.4. The molecular weight excluding hydrogens is 387 g/mol. The van der Waals surface area contributed by atoms with Gasteiger partial charge in [-0.15, -0.1) is 0 Å². The van der Waals surface area contributed by atoms with Crippen LogP contribution in [0.4, 0.5) is 5.69 Å². The summed E-state index contributed by atoms with van der Waals surface area (Å²) in [6.45, 7) is -0.114. The molecule has 0 radical (unpaired) electrons. The van der Waals surface area contributed by atoms with Gasteiger partial charge in [0.15, 0.2) is 6.61 Å². The minimum Gasteiger partial charge on any atom is -0.484 e. The van der Waals surface area contributed by atoms with Crippen LogP contribution < -0.4 is 10.1 Å². The number of benzene rings is 2. The molecule has 0 bridgehead atoms. The zero-order valence-corrected chi connectivity index (χ0v) is 15.7. The Kier molecular flexibility index (Phi) is 6.53. The lowest BCUT2D eigenvalue weighted by atomic mass is 10.2. The highest BCUT2D eigenvalue weighted by Gasteiger charge is 2.12. The fraction of sp³-hybridized carbons (Fsp3) is 0.176. The first-order valence-electron chi connectivity index (χ1n) is 7.17. The highest BCUT2D eigenvalue weighted by atomic mass is 35.5. The van der Waals surface area contributed by atoms with Gasteiger partial charge >= 0.3 is 0 Å². The summed E-state index contributed by atoms with van der Waals surface area (Å²) < 4.78 is 5.39. The van der Waals surface area contributed by atoms with Crippen LogP contribution in [0.3, 0.4) is 0 Å². The molecule has 1 N–H and O–H groups in total. The van der Waals surface area contributed by atoms with Crippen LogP contribution in [-0.2, 0) is 4.79 Å². The number of nitrogens with zero attached hydrogens (tertiary/aromatic N) is 1. The average molecular weight is 402 g/mol. The van der Waals surface area contributed by atoms with E-state index in [1.807, 2.05) is 0 Å². The Morgan fingerprint density at radius 2 is 1.72 bits per heavy atom. The monoisotopic (exact) mass is 400 g/mol. The van der Waals surface area contributed by atoms with Gasteiger partial charge in [0.1, 0.15) is 5.75 Å². The van der Waals surface area contributed by atoms with Gasteiger partial charge in [0.05, 0.1) is 20.8 Å². The summed E-state index contributed by atoms with van der Waals surface area (Å²) in [5.41, 5.74) is 0.687. The number of rotatable bonds is 5. The van der Waals surface area contributed by atoms with Crippen molar-refractivity contribution in [3.63, 3.8) is 0 Å². The number of anilines is 1. The molecule has 0 saturated heterocycles. The number of nitrogens with one attached hydrogen (secondary N) is 1. The van der Waals surface area contributed by atoms with Crippen LogP contribution in [0.25, 0.3) is 0 Å². The molecule has 2 amide bonds. The third-order valence-corrected chi connectivity index (χ3v) is 4.25. The molecule has 0 aliphatic rings. The summed E-state index contributed by atoms with van der Waals surface area (Å²) in [6, 6.07) is 9.38. The normalized spacial score (nSPS) is 10.3. The molecule has 0 aliphatic heterocycles. The van der Waals surface area contributed by atoms with Crippen LogP contribution in [0.1, 0.15) is 10.4 Å². The van der Waals surface area contributed by atoms with Crippen molar-refractivity contribution in [2.24, 2.45) is 0 Å². The second-order valence-corrected chi connectivity index (χ2v) is 6.53. The Hall–Kier alpha value is -1.95. The smallest absolute Gasteiger partial charge is 0.259 e. The zero-order valence-electron chi connectivity index (χ0n) is 13.5. The van der Waals surface area contributed by atoms with Crippen molar-refractivity contribution in [2.75, 3.05) is 26.0 Å². The minimum absolute atomic E-state index is 0.114. The molecule has 8 heteroatoms. The Morgan fingerprint density at radius 3 is 2.40 bits per heavy atom. The average Bonchev–Trinajstić information content (AvgIpc) is 2.57. The number of hydrogen-bond acceptors (Lipinski definition) is 3. The first-order chi connectivity index (χ1) is 11.8. The Bertz CT molecular complexity index is 810. The van der Waals surface area contributed by atoms with Crippen LogP contribution in [0.2, 0.25) is 15.1 Å². The van der Waals surface area contributed by atoms with E-state index in [9.17, 15) is 9.59 Å². The maximum absolute atomic E-state index is 12.4. The van der Waals surface area contributed by atoms with E-state index in [1.54, 1.807) is 32.3 Å². The van der Waals surface area contributed by atoms with Crippen molar-refractivity contribution < 1.29 is 14.3 Å². The first-order valence-corrected chi connectivity index (χ1v) is 8.30. The number of ether oxygens (including phenoxy) is 1. The molecule has 0 unspecified atom stereocenters. The third-order valence-electron chi connectivity index (χ3n) is 3.22. The van der Waals surface area contributed by atoms with Gasteiger partial charge in [0.25, 0.3) is 11.8 Å². The van der Waals surface area contributed by atoms with Gasteiger partial charge in [-0.3, -0.25) is 9.59 Å².